The second-order valence-corrected chi connectivity index (χ2v) is 4.52. The van der Waals surface area contributed by atoms with Gasteiger partial charge in [-0.15, -0.1) is 0 Å². The highest BCUT2D eigenvalue weighted by Gasteiger charge is 2.14. The van der Waals surface area contributed by atoms with Gasteiger partial charge in [-0.2, -0.15) is 9.36 Å². The van der Waals surface area contributed by atoms with E-state index in [0.717, 1.165) is 11.5 Å². The average molecular weight is 295 g/mol. The minimum atomic E-state index is -0.666. The number of ether oxygens (including phenoxy) is 1. The predicted molar refractivity (Wildman–Crippen MR) is 70.0 cm³/mol. The molecule has 1 N–H and O–H groups in total. The predicted octanol–water partition coefficient (Wildman–Crippen LogP) is 1.64. The first-order valence-electron chi connectivity index (χ1n) is 5.55. The van der Waals surface area contributed by atoms with Crippen molar-refractivity contribution in [2.45, 2.75) is 6.42 Å². The molecule has 0 radical (unpaired) electrons. The fraction of sp³-hybridized carbons (Fsp3) is 0.167. The van der Waals surface area contributed by atoms with Crippen LogP contribution in [0.25, 0.3) is 0 Å². The van der Waals surface area contributed by atoms with E-state index in [9.17, 15) is 14.0 Å². The molecule has 0 bridgehead atoms. The maximum absolute atomic E-state index is 12.7. The van der Waals surface area contributed by atoms with E-state index in [1.54, 1.807) is 0 Å². The Labute approximate surface area is 117 Å². The second-order valence-electron chi connectivity index (χ2n) is 3.77. The van der Waals surface area contributed by atoms with E-state index in [-0.39, 0.29) is 29.1 Å². The normalized spacial score (nSPS) is 10.1. The van der Waals surface area contributed by atoms with Gasteiger partial charge >= 0.3 is 5.97 Å². The number of halogens is 1. The van der Waals surface area contributed by atoms with Crippen LogP contribution in [0.3, 0.4) is 0 Å². The largest absolute Gasteiger partial charge is 0.463 e. The standard InChI is InChI=1S/C12H10FN3O3S/c1-19-11(18)10-15-12(20-16-10)14-9(17)6-7-2-4-8(13)5-3-7/h2-5H,6H2,1H3,(H,14,15,16,17). The van der Waals surface area contributed by atoms with Gasteiger partial charge in [-0.1, -0.05) is 12.1 Å². The van der Waals surface area contributed by atoms with Crippen molar-refractivity contribution in [2.75, 3.05) is 12.4 Å². The Kier molecular flexibility index (Phi) is 4.36. The van der Waals surface area contributed by atoms with Gasteiger partial charge in [0.1, 0.15) is 5.82 Å². The quantitative estimate of drug-likeness (QED) is 0.867. The molecule has 0 saturated heterocycles. The summed E-state index contributed by atoms with van der Waals surface area (Å²) in [6.07, 6.45) is 0.0768. The molecule has 1 amide bonds. The van der Waals surface area contributed by atoms with Crippen molar-refractivity contribution in [3.05, 3.63) is 41.5 Å². The summed E-state index contributed by atoms with van der Waals surface area (Å²) >= 11 is 0.881. The van der Waals surface area contributed by atoms with Gasteiger partial charge in [0.05, 0.1) is 13.5 Å². The summed E-state index contributed by atoms with van der Waals surface area (Å²) in [5.41, 5.74) is 0.668. The van der Waals surface area contributed by atoms with Gasteiger partial charge in [-0.05, 0) is 17.7 Å². The molecule has 0 atom stereocenters. The minimum absolute atomic E-state index is 0.0768. The summed E-state index contributed by atoms with van der Waals surface area (Å²) in [6.45, 7) is 0. The number of nitrogens with zero attached hydrogens (tertiary/aromatic N) is 2. The molecule has 0 unspecified atom stereocenters. The van der Waals surface area contributed by atoms with E-state index < -0.39 is 5.97 Å². The van der Waals surface area contributed by atoms with Crippen LogP contribution in [0.4, 0.5) is 9.52 Å². The van der Waals surface area contributed by atoms with Gasteiger partial charge in [0.15, 0.2) is 0 Å². The van der Waals surface area contributed by atoms with Crippen molar-refractivity contribution in [1.29, 1.82) is 0 Å². The van der Waals surface area contributed by atoms with Crippen molar-refractivity contribution in [1.82, 2.24) is 9.36 Å². The molecular formula is C12H10FN3O3S. The van der Waals surface area contributed by atoms with Crippen LogP contribution in [-0.4, -0.2) is 28.3 Å². The maximum atomic E-state index is 12.7. The molecule has 0 aliphatic carbocycles. The topological polar surface area (TPSA) is 81.2 Å². The zero-order valence-electron chi connectivity index (χ0n) is 10.4. The van der Waals surface area contributed by atoms with E-state index in [4.69, 9.17) is 0 Å². The van der Waals surface area contributed by atoms with E-state index in [1.165, 1.54) is 31.4 Å². The first-order chi connectivity index (χ1) is 9.58. The Hall–Kier alpha value is -2.35. The number of carbonyl (C=O) groups excluding carboxylic acids is 2. The van der Waals surface area contributed by atoms with Gasteiger partial charge in [0.25, 0.3) is 5.82 Å². The second kappa shape index (κ2) is 6.20. The number of carbonyl (C=O) groups is 2. The van der Waals surface area contributed by atoms with Crippen LogP contribution >= 0.6 is 11.5 Å². The van der Waals surface area contributed by atoms with E-state index in [1.807, 2.05) is 0 Å². The van der Waals surface area contributed by atoms with Gasteiger partial charge in [-0.25, -0.2) is 9.18 Å². The number of nitrogens with one attached hydrogen (secondary N) is 1. The lowest BCUT2D eigenvalue weighted by Crippen LogP contribution is -2.14. The van der Waals surface area contributed by atoms with Crippen LogP contribution in [0.5, 0.6) is 0 Å². The number of benzene rings is 1. The van der Waals surface area contributed by atoms with Crippen molar-refractivity contribution in [3.8, 4) is 0 Å². The highest BCUT2D eigenvalue weighted by molar-refractivity contribution is 7.10. The fourth-order valence-electron chi connectivity index (χ4n) is 1.40. The zero-order valence-corrected chi connectivity index (χ0v) is 11.2. The summed E-state index contributed by atoms with van der Waals surface area (Å²) in [5.74, 6) is -1.46. The number of hydrogen-bond donors (Lipinski definition) is 1. The van der Waals surface area contributed by atoms with E-state index >= 15 is 0 Å². The molecule has 0 saturated carbocycles. The molecule has 0 aliphatic rings. The third-order valence-electron chi connectivity index (χ3n) is 2.32. The Morgan fingerprint density at radius 1 is 1.35 bits per heavy atom. The molecule has 8 heteroatoms. The molecular weight excluding hydrogens is 285 g/mol. The molecule has 20 heavy (non-hydrogen) atoms. The molecule has 0 aliphatic heterocycles. The number of aromatic nitrogens is 2. The Balaban J connectivity index is 1.96. The SMILES string of the molecule is COC(=O)c1nsc(NC(=O)Cc2ccc(F)cc2)n1. The molecule has 1 aromatic carbocycles. The summed E-state index contributed by atoms with van der Waals surface area (Å²) in [4.78, 5) is 26.7. The summed E-state index contributed by atoms with van der Waals surface area (Å²) < 4.78 is 20.9. The van der Waals surface area contributed by atoms with E-state index in [2.05, 4.69) is 19.4 Å². The Bertz CT molecular complexity index is 627. The third-order valence-corrected chi connectivity index (χ3v) is 2.95. The van der Waals surface area contributed by atoms with Gasteiger partial charge in [0.2, 0.25) is 11.0 Å². The number of amides is 1. The van der Waals surface area contributed by atoms with Crippen molar-refractivity contribution in [2.24, 2.45) is 0 Å². The monoisotopic (exact) mass is 295 g/mol. The molecule has 6 nitrogen and oxygen atoms in total. The number of esters is 1. The fourth-order valence-corrected chi connectivity index (χ4v) is 1.97. The van der Waals surface area contributed by atoms with Crippen LogP contribution in [-0.2, 0) is 16.0 Å². The number of hydrogen-bond acceptors (Lipinski definition) is 6. The van der Waals surface area contributed by atoms with Gasteiger partial charge in [0, 0.05) is 11.5 Å². The lowest BCUT2D eigenvalue weighted by molar-refractivity contribution is -0.115. The van der Waals surface area contributed by atoms with Gasteiger partial charge < -0.3 is 10.1 Å². The van der Waals surface area contributed by atoms with Crippen LogP contribution in [0.2, 0.25) is 0 Å². The van der Waals surface area contributed by atoms with Crippen LogP contribution in [0.1, 0.15) is 16.2 Å². The first-order valence-corrected chi connectivity index (χ1v) is 6.32. The molecule has 2 rings (SSSR count). The number of methoxy groups -OCH3 is 1. The summed E-state index contributed by atoms with van der Waals surface area (Å²) in [7, 11) is 1.22. The number of rotatable bonds is 4. The minimum Gasteiger partial charge on any atom is -0.463 e. The Morgan fingerprint density at radius 2 is 2.05 bits per heavy atom. The van der Waals surface area contributed by atoms with Crippen molar-refractivity contribution in [3.63, 3.8) is 0 Å². The zero-order chi connectivity index (χ0) is 14.5. The van der Waals surface area contributed by atoms with Crippen LogP contribution < -0.4 is 5.32 Å². The van der Waals surface area contributed by atoms with E-state index in [0.29, 0.717) is 5.56 Å². The smallest absolute Gasteiger partial charge is 0.377 e. The lowest BCUT2D eigenvalue weighted by Gasteiger charge is -2.01. The lowest BCUT2D eigenvalue weighted by atomic mass is 10.1. The van der Waals surface area contributed by atoms with Crippen molar-refractivity contribution >= 4 is 28.5 Å². The van der Waals surface area contributed by atoms with Crippen molar-refractivity contribution < 1.29 is 18.7 Å². The molecule has 0 fully saturated rings. The highest BCUT2D eigenvalue weighted by atomic mass is 32.1. The first kappa shape index (κ1) is 14.1. The Morgan fingerprint density at radius 3 is 2.70 bits per heavy atom. The number of anilines is 1. The summed E-state index contributed by atoms with van der Waals surface area (Å²) in [5, 5.41) is 2.71. The van der Waals surface area contributed by atoms with Crippen LogP contribution in [0.15, 0.2) is 24.3 Å². The molecule has 2 aromatic rings. The third kappa shape index (κ3) is 3.58. The van der Waals surface area contributed by atoms with Gasteiger partial charge in [-0.3, -0.25) is 4.79 Å². The highest BCUT2D eigenvalue weighted by Crippen LogP contribution is 2.12. The molecule has 1 aromatic heterocycles. The summed E-state index contributed by atoms with van der Waals surface area (Å²) in [6, 6.07) is 5.61. The molecule has 1 heterocycles. The molecule has 0 spiro atoms. The maximum Gasteiger partial charge on any atom is 0.377 e. The molecule has 104 valence electrons. The van der Waals surface area contributed by atoms with Crippen LogP contribution in [0, 0.1) is 5.82 Å². The average Bonchev–Trinajstić information content (AvgIpc) is 2.89.